The zero-order valence-corrected chi connectivity index (χ0v) is 23.4. The van der Waals surface area contributed by atoms with Crippen LogP contribution in [0.15, 0.2) is 72.2 Å². The van der Waals surface area contributed by atoms with E-state index in [4.69, 9.17) is 32.7 Å². The first-order valence-electron chi connectivity index (χ1n) is 12.0. The highest BCUT2D eigenvalue weighted by Crippen LogP contribution is 2.38. The third kappa shape index (κ3) is 6.66. The summed E-state index contributed by atoms with van der Waals surface area (Å²) in [6.07, 6.45) is 3.89. The number of carbonyl (C=O) groups excluding carboxylic acids is 2. The van der Waals surface area contributed by atoms with Gasteiger partial charge in [-0.25, -0.2) is 0 Å². The number of hydrogen-bond acceptors (Lipinski definition) is 6. The number of amides is 2. The van der Waals surface area contributed by atoms with Crippen LogP contribution in [0.3, 0.4) is 0 Å². The van der Waals surface area contributed by atoms with Crippen LogP contribution in [0.1, 0.15) is 34.7 Å². The van der Waals surface area contributed by atoms with Crippen molar-refractivity contribution in [2.75, 3.05) is 6.61 Å². The highest BCUT2D eigenvalue weighted by molar-refractivity contribution is 8.18. The van der Waals surface area contributed by atoms with Crippen molar-refractivity contribution in [2.24, 2.45) is 0 Å². The lowest BCUT2D eigenvalue weighted by Crippen LogP contribution is -2.27. The van der Waals surface area contributed by atoms with Crippen LogP contribution < -0.4 is 9.47 Å². The van der Waals surface area contributed by atoms with E-state index in [9.17, 15) is 14.9 Å². The highest BCUT2D eigenvalue weighted by Gasteiger charge is 2.35. The first kappa shape index (κ1) is 28.3. The summed E-state index contributed by atoms with van der Waals surface area (Å²) in [6, 6.07) is 17.9. The second kappa shape index (κ2) is 12.9. The Morgan fingerprint density at radius 3 is 2.56 bits per heavy atom. The Balaban J connectivity index is 1.63. The average Bonchev–Trinajstić information content (AvgIpc) is 3.17. The Morgan fingerprint density at radius 1 is 1.05 bits per heavy atom. The molecule has 0 atom stereocenters. The van der Waals surface area contributed by atoms with Gasteiger partial charge in [0.1, 0.15) is 6.61 Å². The molecule has 3 aromatic carbocycles. The Labute approximate surface area is 241 Å². The standard InChI is InChI=1S/C30H24Cl2N2O4S/c1-3-7-20-12-19(13-26(37-4-2)28(20)38-18-23-10-11-24(31)15-25(23)32)14-27-29(35)34(30(36)39-27)17-22-9-6-5-8-21(22)16-33/h3,5-6,8-15H,1,4,7,17-18H2,2H3/b27-14+. The zero-order valence-electron chi connectivity index (χ0n) is 21.1. The lowest BCUT2D eigenvalue weighted by atomic mass is 10.0. The minimum absolute atomic E-state index is 0.0255. The molecule has 4 rings (SSSR count). The number of nitriles is 1. The van der Waals surface area contributed by atoms with Crippen molar-refractivity contribution in [3.05, 3.63) is 110 Å². The molecule has 1 aliphatic heterocycles. The van der Waals surface area contributed by atoms with E-state index in [1.807, 2.05) is 13.0 Å². The molecule has 39 heavy (non-hydrogen) atoms. The Hall–Kier alpha value is -3.70. The first-order valence-corrected chi connectivity index (χ1v) is 13.6. The van der Waals surface area contributed by atoms with Gasteiger partial charge in [0.2, 0.25) is 0 Å². The summed E-state index contributed by atoms with van der Waals surface area (Å²) in [5.41, 5.74) is 3.28. The van der Waals surface area contributed by atoms with Gasteiger partial charge in [-0.1, -0.05) is 53.5 Å². The number of halogens is 2. The Bertz CT molecular complexity index is 1510. The molecular weight excluding hydrogens is 555 g/mol. The van der Waals surface area contributed by atoms with Gasteiger partial charge < -0.3 is 9.47 Å². The summed E-state index contributed by atoms with van der Waals surface area (Å²) in [5.74, 6) is 0.621. The molecule has 1 aliphatic rings. The fraction of sp³-hybridized carbons (Fsp3) is 0.167. The van der Waals surface area contributed by atoms with E-state index in [1.165, 1.54) is 0 Å². The minimum atomic E-state index is -0.418. The molecule has 6 nitrogen and oxygen atoms in total. The van der Waals surface area contributed by atoms with Gasteiger partial charge in [-0.15, -0.1) is 6.58 Å². The van der Waals surface area contributed by atoms with Crippen molar-refractivity contribution >= 4 is 52.2 Å². The minimum Gasteiger partial charge on any atom is -0.490 e. The molecule has 0 saturated carbocycles. The Kier molecular flexibility index (Phi) is 9.36. The molecule has 1 fully saturated rings. The number of hydrogen-bond donors (Lipinski definition) is 0. The number of benzene rings is 3. The molecular formula is C30H24Cl2N2O4S. The fourth-order valence-corrected chi connectivity index (χ4v) is 5.32. The van der Waals surface area contributed by atoms with Gasteiger partial charge in [-0.05, 0) is 72.6 Å². The summed E-state index contributed by atoms with van der Waals surface area (Å²) in [6.45, 7) is 6.33. The maximum atomic E-state index is 13.2. The van der Waals surface area contributed by atoms with Crippen molar-refractivity contribution in [1.29, 1.82) is 5.26 Å². The number of allylic oxidation sites excluding steroid dienone is 1. The molecule has 1 heterocycles. The van der Waals surface area contributed by atoms with E-state index in [0.29, 0.717) is 51.3 Å². The quantitative estimate of drug-likeness (QED) is 0.180. The lowest BCUT2D eigenvalue weighted by molar-refractivity contribution is -0.123. The van der Waals surface area contributed by atoms with E-state index in [0.717, 1.165) is 27.8 Å². The van der Waals surface area contributed by atoms with Gasteiger partial charge >= 0.3 is 0 Å². The first-order chi connectivity index (χ1) is 18.8. The van der Waals surface area contributed by atoms with Crippen molar-refractivity contribution in [1.82, 2.24) is 4.90 Å². The number of nitrogens with zero attached hydrogens (tertiary/aromatic N) is 2. The predicted molar refractivity (Wildman–Crippen MR) is 155 cm³/mol. The topological polar surface area (TPSA) is 79.6 Å². The number of ether oxygens (including phenoxy) is 2. The summed E-state index contributed by atoms with van der Waals surface area (Å²) >= 11 is 13.2. The molecule has 0 aromatic heterocycles. The lowest BCUT2D eigenvalue weighted by Gasteiger charge is -2.17. The largest absolute Gasteiger partial charge is 0.490 e. The fourth-order valence-electron chi connectivity index (χ4n) is 4.01. The van der Waals surface area contributed by atoms with E-state index in [-0.39, 0.29) is 18.1 Å². The van der Waals surface area contributed by atoms with Crippen molar-refractivity contribution in [3.63, 3.8) is 0 Å². The number of thioether (sulfide) groups is 1. The molecule has 2 amide bonds. The molecule has 9 heteroatoms. The highest BCUT2D eigenvalue weighted by atomic mass is 35.5. The van der Waals surface area contributed by atoms with Crippen molar-refractivity contribution in [3.8, 4) is 17.6 Å². The summed E-state index contributed by atoms with van der Waals surface area (Å²) in [7, 11) is 0. The predicted octanol–water partition coefficient (Wildman–Crippen LogP) is 7.81. The van der Waals surface area contributed by atoms with Crippen LogP contribution in [0.4, 0.5) is 4.79 Å². The molecule has 0 spiro atoms. The zero-order chi connectivity index (χ0) is 27.9. The molecule has 1 saturated heterocycles. The number of rotatable bonds is 10. The molecule has 0 unspecified atom stereocenters. The monoisotopic (exact) mass is 578 g/mol. The van der Waals surface area contributed by atoms with Crippen molar-refractivity contribution in [2.45, 2.75) is 26.5 Å². The SMILES string of the molecule is C=CCc1cc(/C=C2/SC(=O)N(Cc3ccccc3C#N)C2=O)cc(OCC)c1OCc1ccc(Cl)cc1Cl. The van der Waals surface area contributed by atoms with Crippen LogP contribution in [0.2, 0.25) is 10.0 Å². The number of carbonyl (C=O) groups is 2. The van der Waals surface area contributed by atoms with Gasteiger partial charge in [-0.3, -0.25) is 14.5 Å². The van der Waals surface area contributed by atoms with Crippen molar-refractivity contribution < 1.29 is 19.1 Å². The molecule has 0 N–H and O–H groups in total. The van der Waals surface area contributed by atoms with E-state index >= 15 is 0 Å². The maximum Gasteiger partial charge on any atom is 0.293 e. The van der Waals surface area contributed by atoms with Gasteiger partial charge in [0.05, 0.1) is 29.7 Å². The third-order valence-electron chi connectivity index (χ3n) is 5.84. The number of imide groups is 1. The summed E-state index contributed by atoms with van der Waals surface area (Å²) in [5, 5.41) is 10.0. The maximum absolute atomic E-state index is 13.2. The van der Waals surface area contributed by atoms with E-state index in [1.54, 1.807) is 60.7 Å². The molecule has 0 bridgehead atoms. The van der Waals surface area contributed by atoms with Crippen LogP contribution in [0.25, 0.3) is 6.08 Å². The molecule has 0 radical (unpaired) electrons. The third-order valence-corrected chi connectivity index (χ3v) is 7.34. The second-order valence-corrected chi connectivity index (χ2v) is 10.3. The second-order valence-electron chi connectivity index (χ2n) is 8.49. The normalized spacial score (nSPS) is 14.0. The Morgan fingerprint density at radius 2 is 1.85 bits per heavy atom. The van der Waals surface area contributed by atoms with Gasteiger partial charge in [0, 0.05) is 21.2 Å². The molecule has 0 aliphatic carbocycles. The molecule has 3 aromatic rings. The summed E-state index contributed by atoms with van der Waals surface area (Å²) in [4.78, 5) is 27.3. The average molecular weight is 580 g/mol. The van der Waals surface area contributed by atoms with Crippen LogP contribution in [-0.2, 0) is 24.4 Å². The van der Waals surface area contributed by atoms with Gasteiger partial charge in [-0.2, -0.15) is 5.26 Å². The van der Waals surface area contributed by atoms with Gasteiger partial charge in [0.15, 0.2) is 11.5 Å². The molecule has 198 valence electrons. The van der Waals surface area contributed by atoms with Crippen LogP contribution in [0, 0.1) is 11.3 Å². The van der Waals surface area contributed by atoms with Crippen LogP contribution >= 0.6 is 35.0 Å². The van der Waals surface area contributed by atoms with E-state index in [2.05, 4.69) is 12.6 Å². The smallest absolute Gasteiger partial charge is 0.293 e. The summed E-state index contributed by atoms with van der Waals surface area (Å²) < 4.78 is 12.1. The van der Waals surface area contributed by atoms with Gasteiger partial charge in [0.25, 0.3) is 11.1 Å². The van der Waals surface area contributed by atoms with Crippen LogP contribution in [-0.4, -0.2) is 22.7 Å². The van der Waals surface area contributed by atoms with E-state index < -0.39 is 11.1 Å². The van der Waals surface area contributed by atoms with Crippen LogP contribution in [0.5, 0.6) is 11.5 Å².